The van der Waals surface area contributed by atoms with Crippen LogP contribution in [-0.2, 0) is 6.42 Å². The maximum absolute atomic E-state index is 12.2. The zero-order chi connectivity index (χ0) is 15.9. The summed E-state index contributed by atoms with van der Waals surface area (Å²) in [5.41, 5.74) is 1.69. The minimum atomic E-state index is -0.153. The van der Waals surface area contributed by atoms with Crippen LogP contribution in [0.4, 0.5) is 0 Å². The fourth-order valence-corrected chi connectivity index (χ4v) is 2.62. The molecule has 5 heteroatoms. The highest BCUT2D eigenvalue weighted by atomic mass is 79.9. The molecular weight excluding hydrogens is 346 g/mol. The SMILES string of the molecule is COc1cc(C(=O)NCCc2ccccc2)cc(OC)c1Br. The number of halogens is 1. The Bertz CT molecular complexity index is 619. The molecule has 0 fully saturated rings. The van der Waals surface area contributed by atoms with E-state index >= 15 is 0 Å². The second-order valence-electron chi connectivity index (χ2n) is 4.69. The fraction of sp³-hybridized carbons (Fsp3) is 0.235. The average Bonchev–Trinajstić information content (AvgIpc) is 2.56. The molecule has 0 heterocycles. The van der Waals surface area contributed by atoms with Crippen molar-refractivity contribution in [3.05, 3.63) is 58.1 Å². The largest absolute Gasteiger partial charge is 0.495 e. The molecule has 0 saturated carbocycles. The molecule has 4 nitrogen and oxygen atoms in total. The highest BCUT2D eigenvalue weighted by Gasteiger charge is 2.14. The molecule has 1 N–H and O–H groups in total. The average molecular weight is 364 g/mol. The van der Waals surface area contributed by atoms with Gasteiger partial charge in [0, 0.05) is 12.1 Å². The molecule has 2 rings (SSSR count). The lowest BCUT2D eigenvalue weighted by atomic mass is 10.1. The minimum Gasteiger partial charge on any atom is -0.495 e. The number of methoxy groups -OCH3 is 2. The monoisotopic (exact) mass is 363 g/mol. The molecule has 0 saturated heterocycles. The van der Waals surface area contributed by atoms with Gasteiger partial charge >= 0.3 is 0 Å². The van der Waals surface area contributed by atoms with E-state index in [0.29, 0.717) is 28.1 Å². The van der Waals surface area contributed by atoms with E-state index in [-0.39, 0.29) is 5.91 Å². The first-order valence-electron chi connectivity index (χ1n) is 6.89. The number of carbonyl (C=O) groups excluding carboxylic acids is 1. The van der Waals surface area contributed by atoms with Crippen molar-refractivity contribution in [3.8, 4) is 11.5 Å². The van der Waals surface area contributed by atoms with Crippen molar-refractivity contribution in [2.24, 2.45) is 0 Å². The van der Waals surface area contributed by atoms with Gasteiger partial charge in [-0.2, -0.15) is 0 Å². The van der Waals surface area contributed by atoms with E-state index in [2.05, 4.69) is 21.2 Å². The number of amides is 1. The lowest BCUT2D eigenvalue weighted by Crippen LogP contribution is -2.25. The van der Waals surface area contributed by atoms with Crippen molar-refractivity contribution in [3.63, 3.8) is 0 Å². The number of hydrogen-bond donors (Lipinski definition) is 1. The summed E-state index contributed by atoms with van der Waals surface area (Å²) in [6, 6.07) is 13.4. The number of benzene rings is 2. The Hall–Kier alpha value is -2.01. The van der Waals surface area contributed by atoms with Crippen LogP contribution < -0.4 is 14.8 Å². The Labute approximate surface area is 138 Å². The highest BCUT2D eigenvalue weighted by Crippen LogP contribution is 2.35. The summed E-state index contributed by atoms with van der Waals surface area (Å²) in [5.74, 6) is 0.972. The van der Waals surface area contributed by atoms with Gasteiger partial charge in [-0.15, -0.1) is 0 Å². The lowest BCUT2D eigenvalue weighted by molar-refractivity contribution is 0.0953. The molecule has 0 radical (unpaired) electrons. The first-order valence-corrected chi connectivity index (χ1v) is 7.68. The zero-order valence-corrected chi connectivity index (χ0v) is 14.1. The van der Waals surface area contributed by atoms with Crippen molar-refractivity contribution in [2.45, 2.75) is 6.42 Å². The number of ether oxygens (including phenoxy) is 2. The Morgan fingerprint density at radius 3 is 2.23 bits per heavy atom. The van der Waals surface area contributed by atoms with Gasteiger partial charge in [-0.25, -0.2) is 0 Å². The standard InChI is InChI=1S/C17H18BrNO3/c1-21-14-10-13(11-15(22-2)16(14)18)17(20)19-9-8-12-6-4-3-5-7-12/h3-7,10-11H,8-9H2,1-2H3,(H,19,20). The molecule has 0 unspecified atom stereocenters. The number of nitrogens with one attached hydrogen (secondary N) is 1. The summed E-state index contributed by atoms with van der Waals surface area (Å²) < 4.78 is 11.2. The van der Waals surface area contributed by atoms with Gasteiger partial charge in [0.1, 0.15) is 16.0 Å². The molecule has 0 aliphatic carbocycles. The van der Waals surface area contributed by atoms with E-state index in [4.69, 9.17) is 9.47 Å². The van der Waals surface area contributed by atoms with E-state index in [1.807, 2.05) is 30.3 Å². The molecule has 22 heavy (non-hydrogen) atoms. The zero-order valence-electron chi connectivity index (χ0n) is 12.6. The number of rotatable bonds is 6. The van der Waals surface area contributed by atoms with Gasteiger partial charge in [-0.05, 0) is 40.0 Å². The predicted molar refractivity (Wildman–Crippen MR) is 89.7 cm³/mol. The highest BCUT2D eigenvalue weighted by molar-refractivity contribution is 9.10. The molecule has 0 bridgehead atoms. The van der Waals surface area contributed by atoms with Gasteiger partial charge in [0.2, 0.25) is 0 Å². The van der Waals surface area contributed by atoms with Crippen LogP contribution in [0.3, 0.4) is 0 Å². The molecule has 0 aliphatic rings. The predicted octanol–water partition coefficient (Wildman–Crippen LogP) is 3.44. The van der Waals surface area contributed by atoms with Crippen molar-refractivity contribution in [1.82, 2.24) is 5.32 Å². The Balaban J connectivity index is 2.03. The summed E-state index contributed by atoms with van der Waals surface area (Å²) in [7, 11) is 3.10. The van der Waals surface area contributed by atoms with Gasteiger partial charge in [-0.1, -0.05) is 30.3 Å². The third-order valence-electron chi connectivity index (χ3n) is 3.25. The maximum atomic E-state index is 12.2. The second-order valence-corrected chi connectivity index (χ2v) is 5.48. The summed E-state index contributed by atoms with van der Waals surface area (Å²) in [6.45, 7) is 0.573. The molecule has 2 aromatic carbocycles. The van der Waals surface area contributed by atoms with Crippen molar-refractivity contribution >= 4 is 21.8 Å². The summed E-state index contributed by atoms with van der Waals surface area (Å²) in [6.07, 6.45) is 0.789. The Morgan fingerprint density at radius 2 is 1.68 bits per heavy atom. The summed E-state index contributed by atoms with van der Waals surface area (Å²) >= 11 is 3.39. The molecule has 0 atom stereocenters. The van der Waals surface area contributed by atoms with Crippen LogP contribution in [-0.4, -0.2) is 26.7 Å². The molecule has 1 amide bonds. The normalized spacial score (nSPS) is 10.1. The minimum absolute atomic E-state index is 0.153. The van der Waals surface area contributed by atoms with Crippen molar-refractivity contribution < 1.29 is 14.3 Å². The van der Waals surface area contributed by atoms with Crippen LogP contribution in [0.5, 0.6) is 11.5 Å². The van der Waals surface area contributed by atoms with Crippen LogP contribution in [0.15, 0.2) is 46.9 Å². The quantitative estimate of drug-likeness (QED) is 0.854. The van der Waals surface area contributed by atoms with Crippen molar-refractivity contribution in [2.75, 3.05) is 20.8 Å². The molecule has 0 aromatic heterocycles. The number of carbonyl (C=O) groups is 1. The molecule has 0 spiro atoms. The van der Waals surface area contributed by atoms with Gasteiger partial charge < -0.3 is 14.8 Å². The van der Waals surface area contributed by atoms with Crippen LogP contribution in [0.1, 0.15) is 15.9 Å². The van der Waals surface area contributed by atoms with Crippen molar-refractivity contribution in [1.29, 1.82) is 0 Å². The maximum Gasteiger partial charge on any atom is 0.251 e. The Kier molecular flexibility index (Phi) is 5.83. The van der Waals surface area contributed by atoms with Gasteiger partial charge in [0.05, 0.1) is 14.2 Å². The van der Waals surface area contributed by atoms with Crippen LogP contribution in [0.25, 0.3) is 0 Å². The molecule has 116 valence electrons. The number of hydrogen-bond acceptors (Lipinski definition) is 3. The first-order chi connectivity index (χ1) is 10.7. The van der Waals surface area contributed by atoms with Crippen LogP contribution in [0.2, 0.25) is 0 Å². The third kappa shape index (κ3) is 4.01. The lowest BCUT2D eigenvalue weighted by Gasteiger charge is -2.11. The van der Waals surface area contributed by atoms with E-state index in [9.17, 15) is 4.79 Å². The van der Waals surface area contributed by atoms with E-state index in [0.717, 1.165) is 6.42 Å². The summed E-state index contributed by atoms with van der Waals surface area (Å²) in [5, 5.41) is 2.90. The molecular formula is C17H18BrNO3. The van der Waals surface area contributed by atoms with Crippen LogP contribution >= 0.6 is 15.9 Å². The van der Waals surface area contributed by atoms with E-state index in [1.54, 1.807) is 26.4 Å². The molecule has 0 aliphatic heterocycles. The molecule has 2 aromatic rings. The second kappa shape index (κ2) is 7.84. The van der Waals surface area contributed by atoms with E-state index in [1.165, 1.54) is 5.56 Å². The van der Waals surface area contributed by atoms with Crippen LogP contribution in [0, 0.1) is 0 Å². The summed E-state index contributed by atoms with van der Waals surface area (Å²) in [4.78, 5) is 12.2. The Morgan fingerprint density at radius 1 is 1.09 bits per heavy atom. The fourth-order valence-electron chi connectivity index (χ4n) is 2.07. The first kappa shape index (κ1) is 16.4. The van der Waals surface area contributed by atoms with Gasteiger partial charge in [0.25, 0.3) is 5.91 Å². The van der Waals surface area contributed by atoms with Gasteiger partial charge in [-0.3, -0.25) is 4.79 Å². The third-order valence-corrected chi connectivity index (χ3v) is 4.03. The van der Waals surface area contributed by atoms with E-state index < -0.39 is 0 Å². The smallest absolute Gasteiger partial charge is 0.251 e. The van der Waals surface area contributed by atoms with Gasteiger partial charge in [0.15, 0.2) is 0 Å². The topological polar surface area (TPSA) is 47.6 Å².